The molecule has 0 saturated carbocycles. The standard InChI is InChI=1S/C13H21N3O2/c1-4-6-13(7-5-8-14-13)12(17)11-10(18-3)9-15-16(11)2/h9,14H,4-8H2,1-3H3. The summed E-state index contributed by atoms with van der Waals surface area (Å²) >= 11 is 0. The molecule has 2 rings (SSSR count). The van der Waals surface area contributed by atoms with Crippen LogP contribution in [-0.4, -0.2) is 34.8 Å². The molecule has 0 spiro atoms. The number of methoxy groups -OCH3 is 1. The average molecular weight is 251 g/mol. The second kappa shape index (κ2) is 5.10. The predicted molar refractivity (Wildman–Crippen MR) is 69.0 cm³/mol. The van der Waals surface area contributed by atoms with Gasteiger partial charge in [0.15, 0.2) is 5.75 Å². The van der Waals surface area contributed by atoms with Crippen molar-refractivity contribution in [2.75, 3.05) is 13.7 Å². The normalized spacial score (nSPS) is 23.3. The fourth-order valence-corrected chi connectivity index (χ4v) is 2.81. The number of ether oxygens (including phenoxy) is 1. The summed E-state index contributed by atoms with van der Waals surface area (Å²) in [6.07, 6.45) is 5.39. The van der Waals surface area contributed by atoms with Crippen molar-refractivity contribution in [1.29, 1.82) is 0 Å². The van der Waals surface area contributed by atoms with Crippen molar-refractivity contribution in [2.24, 2.45) is 7.05 Å². The van der Waals surface area contributed by atoms with E-state index in [0.717, 1.165) is 32.2 Å². The molecule has 5 heteroatoms. The van der Waals surface area contributed by atoms with Gasteiger partial charge in [0.05, 0.1) is 18.8 Å². The minimum atomic E-state index is -0.421. The van der Waals surface area contributed by atoms with Gasteiger partial charge in [0, 0.05) is 7.05 Å². The van der Waals surface area contributed by atoms with Crippen LogP contribution in [-0.2, 0) is 7.05 Å². The number of aryl methyl sites for hydroxylation is 1. The van der Waals surface area contributed by atoms with Crippen molar-refractivity contribution in [2.45, 2.75) is 38.1 Å². The van der Waals surface area contributed by atoms with Crippen LogP contribution >= 0.6 is 0 Å². The van der Waals surface area contributed by atoms with Gasteiger partial charge in [0.25, 0.3) is 0 Å². The summed E-state index contributed by atoms with van der Waals surface area (Å²) in [6, 6.07) is 0. The third kappa shape index (κ3) is 2.03. The van der Waals surface area contributed by atoms with Gasteiger partial charge in [0.1, 0.15) is 5.69 Å². The average Bonchev–Trinajstić information content (AvgIpc) is 2.96. The fourth-order valence-electron chi connectivity index (χ4n) is 2.81. The molecule has 0 aromatic carbocycles. The number of nitrogens with one attached hydrogen (secondary N) is 1. The Morgan fingerprint density at radius 1 is 1.67 bits per heavy atom. The van der Waals surface area contributed by atoms with Crippen LogP contribution in [0.5, 0.6) is 5.75 Å². The smallest absolute Gasteiger partial charge is 0.204 e. The van der Waals surface area contributed by atoms with E-state index in [-0.39, 0.29) is 5.78 Å². The quantitative estimate of drug-likeness (QED) is 0.806. The Balaban J connectivity index is 2.36. The van der Waals surface area contributed by atoms with Crippen molar-refractivity contribution >= 4 is 5.78 Å². The Hall–Kier alpha value is -1.36. The summed E-state index contributed by atoms with van der Waals surface area (Å²) in [5, 5.41) is 7.51. The Morgan fingerprint density at radius 3 is 3.00 bits per heavy atom. The highest BCUT2D eigenvalue weighted by molar-refractivity contribution is 6.04. The van der Waals surface area contributed by atoms with Crippen LogP contribution in [0.1, 0.15) is 43.1 Å². The second-order valence-corrected chi connectivity index (χ2v) is 4.88. The molecule has 1 N–H and O–H groups in total. The lowest BCUT2D eigenvalue weighted by Crippen LogP contribution is -2.48. The highest BCUT2D eigenvalue weighted by Crippen LogP contribution is 2.31. The maximum Gasteiger partial charge on any atom is 0.204 e. The Morgan fingerprint density at radius 2 is 2.44 bits per heavy atom. The van der Waals surface area contributed by atoms with Crippen LogP contribution in [0.3, 0.4) is 0 Å². The largest absolute Gasteiger partial charge is 0.493 e. The van der Waals surface area contributed by atoms with E-state index in [1.165, 1.54) is 0 Å². The van der Waals surface area contributed by atoms with Crippen molar-refractivity contribution < 1.29 is 9.53 Å². The first-order valence-electron chi connectivity index (χ1n) is 6.50. The van der Waals surface area contributed by atoms with Crippen molar-refractivity contribution in [3.05, 3.63) is 11.9 Å². The molecule has 100 valence electrons. The molecule has 1 aliphatic heterocycles. The lowest BCUT2D eigenvalue weighted by Gasteiger charge is -2.27. The highest BCUT2D eigenvalue weighted by Gasteiger charge is 2.42. The molecule has 0 radical (unpaired) electrons. The maximum atomic E-state index is 12.8. The number of aromatic nitrogens is 2. The maximum absolute atomic E-state index is 12.8. The van der Waals surface area contributed by atoms with Crippen molar-refractivity contribution in [3.63, 3.8) is 0 Å². The van der Waals surface area contributed by atoms with Crippen LogP contribution in [0.25, 0.3) is 0 Å². The van der Waals surface area contributed by atoms with E-state index in [9.17, 15) is 4.79 Å². The van der Waals surface area contributed by atoms with E-state index >= 15 is 0 Å². The topological polar surface area (TPSA) is 56.1 Å². The van der Waals surface area contributed by atoms with Gasteiger partial charge in [-0.2, -0.15) is 5.10 Å². The van der Waals surface area contributed by atoms with Gasteiger partial charge in [-0.15, -0.1) is 0 Å². The Kier molecular flexibility index (Phi) is 3.71. The van der Waals surface area contributed by atoms with Crippen LogP contribution < -0.4 is 10.1 Å². The van der Waals surface area contributed by atoms with Gasteiger partial charge in [0.2, 0.25) is 5.78 Å². The molecule has 1 aromatic rings. The predicted octanol–water partition coefficient (Wildman–Crippen LogP) is 1.53. The van der Waals surface area contributed by atoms with E-state index in [2.05, 4.69) is 17.3 Å². The number of Topliss-reactive ketones (excluding diaryl/α,β-unsaturated/α-hetero) is 1. The summed E-state index contributed by atoms with van der Waals surface area (Å²) in [6.45, 7) is 3.02. The molecule has 1 fully saturated rings. The number of hydrogen-bond acceptors (Lipinski definition) is 4. The SMILES string of the molecule is CCCC1(C(=O)c2c(OC)cnn2C)CCCN1. The molecular weight excluding hydrogens is 230 g/mol. The van der Waals surface area contributed by atoms with E-state index in [1.807, 2.05) is 0 Å². The first kappa shape index (κ1) is 13.1. The molecular formula is C13H21N3O2. The third-order valence-corrected chi connectivity index (χ3v) is 3.70. The van der Waals surface area contributed by atoms with Crippen LogP contribution in [0, 0.1) is 0 Å². The summed E-state index contributed by atoms with van der Waals surface area (Å²) < 4.78 is 6.85. The fraction of sp³-hybridized carbons (Fsp3) is 0.692. The van der Waals surface area contributed by atoms with Crippen molar-refractivity contribution in [1.82, 2.24) is 15.1 Å². The van der Waals surface area contributed by atoms with E-state index < -0.39 is 5.54 Å². The number of carbonyl (C=O) groups excluding carboxylic acids is 1. The molecule has 1 aromatic heterocycles. The van der Waals surface area contributed by atoms with Gasteiger partial charge in [-0.3, -0.25) is 9.48 Å². The van der Waals surface area contributed by atoms with Gasteiger partial charge >= 0.3 is 0 Å². The summed E-state index contributed by atoms with van der Waals surface area (Å²) in [7, 11) is 3.35. The molecule has 1 atom stereocenters. The summed E-state index contributed by atoms with van der Waals surface area (Å²) in [5.41, 5.74) is 0.149. The zero-order valence-corrected chi connectivity index (χ0v) is 11.3. The summed E-state index contributed by atoms with van der Waals surface area (Å²) in [4.78, 5) is 12.8. The molecule has 1 aliphatic rings. The zero-order chi connectivity index (χ0) is 13.2. The highest BCUT2D eigenvalue weighted by atomic mass is 16.5. The van der Waals surface area contributed by atoms with Crippen LogP contribution in [0.2, 0.25) is 0 Å². The molecule has 0 amide bonds. The molecule has 1 saturated heterocycles. The Labute approximate surface area is 108 Å². The minimum Gasteiger partial charge on any atom is -0.493 e. The van der Waals surface area contributed by atoms with E-state index in [0.29, 0.717) is 11.4 Å². The molecule has 0 bridgehead atoms. The van der Waals surface area contributed by atoms with Crippen molar-refractivity contribution in [3.8, 4) is 5.75 Å². The Bertz CT molecular complexity index is 433. The number of ketones is 1. The molecule has 18 heavy (non-hydrogen) atoms. The summed E-state index contributed by atoms with van der Waals surface area (Å²) in [5.74, 6) is 0.672. The number of carbonyl (C=O) groups is 1. The first-order valence-corrected chi connectivity index (χ1v) is 6.50. The van der Waals surface area contributed by atoms with Gasteiger partial charge in [-0.1, -0.05) is 13.3 Å². The number of nitrogens with zero attached hydrogens (tertiary/aromatic N) is 2. The zero-order valence-electron chi connectivity index (χ0n) is 11.3. The lowest BCUT2D eigenvalue weighted by molar-refractivity contribution is 0.0844. The van der Waals surface area contributed by atoms with E-state index in [4.69, 9.17) is 4.74 Å². The first-order chi connectivity index (χ1) is 8.64. The molecule has 2 heterocycles. The second-order valence-electron chi connectivity index (χ2n) is 4.88. The van der Waals surface area contributed by atoms with Gasteiger partial charge < -0.3 is 10.1 Å². The van der Waals surface area contributed by atoms with Crippen LogP contribution in [0.4, 0.5) is 0 Å². The number of rotatable bonds is 5. The molecule has 1 unspecified atom stereocenters. The van der Waals surface area contributed by atoms with Crippen LogP contribution in [0.15, 0.2) is 6.20 Å². The van der Waals surface area contributed by atoms with E-state index in [1.54, 1.807) is 25.0 Å². The number of hydrogen-bond donors (Lipinski definition) is 1. The van der Waals surface area contributed by atoms with Gasteiger partial charge in [-0.25, -0.2) is 0 Å². The molecule has 5 nitrogen and oxygen atoms in total. The lowest BCUT2D eigenvalue weighted by atomic mass is 9.85. The monoisotopic (exact) mass is 251 g/mol. The van der Waals surface area contributed by atoms with Gasteiger partial charge in [-0.05, 0) is 25.8 Å². The molecule has 0 aliphatic carbocycles. The third-order valence-electron chi connectivity index (χ3n) is 3.70. The minimum absolute atomic E-state index is 0.110.